The Morgan fingerprint density at radius 1 is 1.25 bits per heavy atom. The third kappa shape index (κ3) is 1.94. The number of fused-ring (bicyclic) bond motifs is 1. The smallest absolute Gasteiger partial charge is 0.226 e. The zero-order chi connectivity index (χ0) is 11.1. The molecule has 1 aliphatic carbocycles. The number of anilines is 2. The molecule has 3 nitrogen and oxygen atoms in total. The minimum atomic E-state index is 0.112. The van der Waals surface area contributed by atoms with Crippen LogP contribution in [0.25, 0.3) is 0 Å². The molecule has 16 heavy (non-hydrogen) atoms. The van der Waals surface area contributed by atoms with Crippen molar-refractivity contribution in [2.75, 3.05) is 10.6 Å². The van der Waals surface area contributed by atoms with Crippen LogP contribution in [-0.2, 0) is 4.79 Å². The third-order valence-electron chi connectivity index (χ3n) is 3.19. The first kappa shape index (κ1) is 10.1. The molecule has 1 atom stereocenters. The fraction of sp³-hybridized carbons (Fsp3) is 0.417. The normalized spacial score (nSPS) is 24.1. The Labute approximate surface area is 103 Å². The van der Waals surface area contributed by atoms with Crippen molar-refractivity contribution in [1.82, 2.24) is 0 Å². The molecule has 2 aliphatic rings. The molecule has 1 heterocycles. The molecule has 1 aromatic rings. The van der Waals surface area contributed by atoms with Crippen LogP contribution in [0.2, 0.25) is 0 Å². The Balaban J connectivity index is 1.94. The molecule has 1 fully saturated rings. The van der Waals surface area contributed by atoms with Gasteiger partial charge in [-0.25, -0.2) is 0 Å². The van der Waals surface area contributed by atoms with Crippen molar-refractivity contribution in [2.24, 2.45) is 5.92 Å². The zero-order valence-electron chi connectivity index (χ0n) is 8.79. The van der Waals surface area contributed by atoms with Crippen LogP contribution >= 0.6 is 15.9 Å². The highest BCUT2D eigenvalue weighted by atomic mass is 79.9. The largest absolute Gasteiger partial charge is 0.380 e. The summed E-state index contributed by atoms with van der Waals surface area (Å²) in [6.45, 7) is 0. The summed E-state index contributed by atoms with van der Waals surface area (Å²) in [7, 11) is 0. The first-order valence-corrected chi connectivity index (χ1v) is 6.37. The second kappa shape index (κ2) is 3.77. The molecule has 1 unspecified atom stereocenters. The Bertz CT molecular complexity index is 443. The maximum absolute atomic E-state index is 11.7. The van der Waals surface area contributed by atoms with E-state index in [0.29, 0.717) is 18.4 Å². The molecule has 1 saturated carbocycles. The summed E-state index contributed by atoms with van der Waals surface area (Å²) in [6, 6.07) is 6.26. The van der Waals surface area contributed by atoms with Crippen LogP contribution < -0.4 is 10.6 Å². The molecule has 4 heteroatoms. The summed E-state index contributed by atoms with van der Waals surface area (Å²) in [5.41, 5.74) is 1.91. The lowest BCUT2D eigenvalue weighted by Gasteiger charge is -2.15. The van der Waals surface area contributed by atoms with Gasteiger partial charge in [-0.2, -0.15) is 0 Å². The van der Waals surface area contributed by atoms with E-state index >= 15 is 0 Å². The average molecular weight is 281 g/mol. The highest BCUT2D eigenvalue weighted by molar-refractivity contribution is 9.10. The van der Waals surface area contributed by atoms with Crippen molar-refractivity contribution < 1.29 is 4.79 Å². The molecule has 1 amide bonds. The molecule has 84 valence electrons. The predicted octanol–water partition coefficient (Wildman–Crippen LogP) is 2.98. The van der Waals surface area contributed by atoms with E-state index in [2.05, 4.69) is 26.6 Å². The highest BCUT2D eigenvalue weighted by Crippen LogP contribution is 2.39. The van der Waals surface area contributed by atoms with Gasteiger partial charge in [-0.15, -0.1) is 0 Å². The van der Waals surface area contributed by atoms with Gasteiger partial charge < -0.3 is 10.6 Å². The number of carbonyl (C=O) groups excluding carboxylic acids is 1. The number of rotatable bonds is 1. The van der Waals surface area contributed by atoms with Crippen LogP contribution in [-0.4, -0.2) is 11.9 Å². The lowest BCUT2D eigenvalue weighted by atomic mass is 10.1. The molecule has 0 radical (unpaired) electrons. The van der Waals surface area contributed by atoms with Gasteiger partial charge in [0.2, 0.25) is 5.91 Å². The van der Waals surface area contributed by atoms with E-state index in [4.69, 9.17) is 0 Å². The van der Waals surface area contributed by atoms with Crippen LogP contribution in [0.3, 0.4) is 0 Å². The second-order valence-corrected chi connectivity index (χ2v) is 5.45. The van der Waals surface area contributed by atoms with Crippen LogP contribution in [0, 0.1) is 5.92 Å². The van der Waals surface area contributed by atoms with E-state index in [9.17, 15) is 4.79 Å². The molecule has 3 rings (SSSR count). The van der Waals surface area contributed by atoms with E-state index in [1.54, 1.807) is 0 Å². The first-order valence-electron chi connectivity index (χ1n) is 5.58. The molecule has 2 N–H and O–H groups in total. The summed E-state index contributed by atoms with van der Waals surface area (Å²) in [4.78, 5) is 11.7. The minimum Gasteiger partial charge on any atom is -0.380 e. The third-order valence-corrected chi connectivity index (χ3v) is 3.69. The Hall–Kier alpha value is -1.03. The van der Waals surface area contributed by atoms with Crippen LogP contribution in [0.5, 0.6) is 0 Å². The molecule has 0 spiro atoms. The summed E-state index contributed by atoms with van der Waals surface area (Å²) in [5, 5.41) is 6.42. The van der Waals surface area contributed by atoms with E-state index in [0.717, 1.165) is 15.8 Å². The van der Waals surface area contributed by atoms with Crippen molar-refractivity contribution in [3.05, 3.63) is 22.7 Å². The Morgan fingerprint density at radius 3 is 2.81 bits per heavy atom. The van der Waals surface area contributed by atoms with E-state index in [1.165, 1.54) is 12.8 Å². The van der Waals surface area contributed by atoms with Crippen molar-refractivity contribution >= 4 is 33.2 Å². The van der Waals surface area contributed by atoms with Crippen LogP contribution in [0.1, 0.15) is 19.3 Å². The molecule has 0 saturated heterocycles. The predicted molar refractivity (Wildman–Crippen MR) is 67.5 cm³/mol. The monoisotopic (exact) mass is 280 g/mol. The molecular formula is C12H13BrN2O. The van der Waals surface area contributed by atoms with Gasteiger partial charge in [0.25, 0.3) is 0 Å². The number of carbonyl (C=O) groups is 1. The van der Waals surface area contributed by atoms with Crippen molar-refractivity contribution in [2.45, 2.75) is 25.3 Å². The molecule has 0 aromatic heterocycles. The second-order valence-electron chi connectivity index (χ2n) is 4.53. The van der Waals surface area contributed by atoms with Gasteiger partial charge in [0.05, 0.1) is 11.4 Å². The maximum atomic E-state index is 11.7. The van der Waals surface area contributed by atoms with Crippen molar-refractivity contribution in [3.8, 4) is 0 Å². The maximum Gasteiger partial charge on any atom is 0.226 e. The van der Waals surface area contributed by atoms with E-state index < -0.39 is 0 Å². The number of hydrogen-bond acceptors (Lipinski definition) is 2. The van der Waals surface area contributed by atoms with Gasteiger partial charge in [0.15, 0.2) is 0 Å². The van der Waals surface area contributed by atoms with Gasteiger partial charge in [-0.05, 0) is 37.0 Å². The van der Waals surface area contributed by atoms with Gasteiger partial charge in [-0.3, -0.25) is 4.79 Å². The molecule has 0 bridgehead atoms. The van der Waals surface area contributed by atoms with Gasteiger partial charge in [0.1, 0.15) is 0 Å². The van der Waals surface area contributed by atoms with E-state index in [1.807, 2.05) is 18.2 Å². The summed E-state index contributed by atoms with van der Waals surface area (Å²) < 4.78 is 0.984. The minimum absolute atomic E-state index is 0.112. The van der Waals surface area contributed by atoms with Gasteiger partial charge in [0, 0.05) is 16.9 Å². The first-order chi connectivity index (χ1) is 7.72. The summed E-state index contributed by atoms with van der Waals surface area (Å²) in [6.07, 6.45) is 3.07. The van der Waals surface area contributed by atoms with Crippen LogP contribution in [0.4, 0.5) is 11.4 Å². The average Bonchev–Trinajstić information content (AvgIpc) is 3.02. The molecule has 1 aromatic carbocycles. The molecular weight excluding hydrogens is 268 g/mol. The fourth-order valence-corrected chi connectivity index (χ4v) is 2.54. The summed E-state index contributed by atoms with van der Waals surface area (Å²) in [5.74, 6) is 0.793. The fourth-order valence-electron chi connectivity index (χ4n) is 2.18. The zero-order valence-corrected chi connectivity index (χ0v) is 10.4. The number of amides is 1. The van der Waals surface area contributed by atoms with Gasteiger partial charge in [-0.1, -0.05) is 15.9 Å². The Morgan fingerprint density at radius 2 is 2.06 bits per heavy atom. The molecule has 1 aliphatic heterocycles. The number of benzene rings is 1. The highest BCUT2D eigenvalue weighted by Gasteiger charge is 2.34. The van der Waals surface area contributed by atoms with E-state index in [-0.39, 0.29) is 5.91 Å². The lowest BCUT2D eigenvalue weighted by Crippen LogP contribution is -2.24. The number of halogens is 1. The number of nitrogens with one attached hydrogen (secondary N) is 2. The standard InChI is InChI=1S/C12H13BrN2O/c13-8-3-4-9-11(5-8)15-12(16)6-10(14-9)7-1-2-7/h3-5,7,10,14H,1-2,6H2,(H,15,16). The summed E-state index contributed by atoms with van der Waals surface area (Å²) >= 11 is 3.41. The quantitative estimate of drug-likeness (QED) is 0.831. The van der Waals surface area contributed by atoms with Crippen LogP contribution in [0.15, 0.2) is 22.7 Å². The topological polar surface area (TPSA) is 41.1 Å². The SMILES string of the molecule is O=C1CC(C2CC2)Nc2ccc(Br)cc2N1. The number of hydrogen-bond donors (Lipinski definition) is 2. The Kier molecular flexibility index (Phi) is 2.39. The lowest BCUT2D eigenvalue weighted by molar-refractivity contribution is -0.116. The van der Waals surface area contributed by atoms with Crippen molar-refractivity contribution in [3.63, 3.8) is 0 Å². The van der Waals surface area contributed by atoms with Gasteiger partial charge >= 0.3 is 0 Å². The van der Waals surface area contributed by atoms with Crippen molar-refractivity contribution in [1.29, 1.82) is 0 Å².